The smallest absolute Gasteiger partial charge is 0.254 e. The molecule has 1 atom stereocenters. The number of nitrogen functional groups attached to an aromatic ring is 2. The van der Waals surface area contributed by atoms with Crippen molar-refractivity contribution in [2.24, 2.45) is 5.73 Å². The Morgan fingerprint density at radius 1 is 1.31 bits per heavy atom. The lowest BCUT2D eigenvalue weighted by Crippen LogP contribution is -2.52. The van der Waals surface area contributed by atoms with Gasteiger partial charge in [0.25, 0.3) is 5.91 Å². The maximum atomic E-state index is 13.7. The van der Waals surface area contributed by atoms with Crippen molar-refractivity contribution in [2.75, 3.05) is 36.0 Å². The second-order valence-corrected chi connectivity index (χ2v) is 6.34. The summed E-state index contributed by atoms with van der Waals surface area (Å²) in [5.41, 5.74) is 17.2. The molecule has 2 aromatic rings. The molecule has 1 fully saturated rings. The normalized spacial score (nSPS) is 19.6. The van der Waals surface area contributed by atoms with Gasteiger partial charge in [0.2, 0.25) is 0 Å². The predicted molar refractivity (Wildman–Crippen MR) is 93.3 cm³/mol. The molecule has 1 aliphatic heterocycles. The van der Waals surface area contributed by atoms with Gasteiger partial charge in [-0.1, -0.05) is 0 Å². The average Bonchev–Trinajstić information content (AvgIpc) is 2.98. The highest BCUT2D eigenvalue weighted by atomic mass is 19.1. The van der Waals surface area contributed by atoms with Crippen LogP contribution in [0.1, 0.15) is 16.8 Å². The van der Waals surface area contributed by atoms with Crippen molar-refractivity contribution >= 4 is 23.2 Å². The Kier molecular flexibility index (Phi) is 4.60. The molecule has 7 N–H and O–H groups in total. The highest BCUT2D eigenvalue weighted by molar-refractivity contribution is 5.94. The molecule has 8 nitrogen and oxygen atoms in total. The van der Waals surface area contributed by atoms with Crippen LogP contribution < -0.4 is 27.4 Å². The lowest BCUT2D eigenvalue weighted by Gasteiger charge is -2.26. The fraction of sp³-hybridized carbons (Fsp3) is 0.312. The summed E-state index contributed by atoms with van der Waals surface area (Å²) in [7, 11) is 0. The van der Waals surface area contributed by atoms with Gasteiger partial charge in [-0.3, -0.25) is 4.79 Å². The van der Waals surface area contributed by atoms with Gasteiger partial charge in [-0.05, 0) is 18.6 Å². The van der Waals surface area contributed by atoms with Crippen molar-refractivity contribution in [2.45, 2.75) is 12.0 Å². The van der Waals surface area contributed by atoms with Crippen LogP contribution >= 0.6 is 0 Å². The summed E-state index contributed by atoms with van der Waals surface area (Å²) >= 11 is 0. The summed E-state index contributed by atoms with van der Waals surface area (Å²) in [5.74, 6) is -1.66. The first-order valence-corrected chi connectivity index (χ1v) is 7.92. The molecule has 10 heteroatoms. The number of aromatic nitrogens is 2. The molecule has 0 radical (unpaired) electrons. The van der Waals surface area contributed by atoms with Gasteiger partial charge >= 0.3 is 0 Å². The van der Waals surface area contributed by atoms with Gasteiger partial charge in [-0.15, -0.1) is 0 Å². The van der Waals surface area contributed by atoms with Crippen molar-refractivity contribution in [1.29, 1.82) is 0 Å². The summed E-state index contributed by atoms with van der Waals surface area (Å²) in [6.07, 6.45) is 1.87. The van der Waals surface area contributed by atoms with Crippen LogP contribution in [-0.4, -0.2) is 41.0 Å². The van der Waals surface area contributed by atoms with Crippen LogP contribution in [0, 0.1) is 11.6 Å². The van der Waals surface area contributed by atoms with Crippen LogP contribution in [0.5, 0.6) is 0 Å². The number of hydrogen-bond acceptors (Lipinski definition) is 7. The number of carbonyl (C=O) groups excluding carboxylic acids is 1. The minimum Gasteiger partial charge on any atom is -0.393 e. The lowest BCUT2D eigenvalue weighted by molar-refractivity contribution is 0.0941. The van der Waals surface area contributed by atoms with Crippen LogP contribution in [-0.2, 0) is 0 Å². The Bertz CT molecular complexity index is 847. The molecule has 1 amide bonds. The Morgan fingerprint density at radius 2 is 2.08 bits per heavy atom. The number of carbonyl (C=O) groups is 1. The third kappa shape index (κ3) is 3.49. The van der Waals surface area contributed by atoms with Gasteiger partial charge in [0.05, 0.1) is 11.1 Å². The molecule has 3 rings (SSSR count). The van der Waals surface area contributed by atoms with Crippen LogP contribution in [0.15, 0.2) is 24.5 Å². The molecular weight excluding hydrogens is 344 g/mol. The Hall–Kier alpha value is -3.01. The van der Waals surface area contributed by atoms with E-state index >= 15 is 0 Å². The fourth-order valence-electron chi connectivity index (χ4n) is 2.90. The van der Waals surface area contributed by atoms with E-state index in [4.69, 9.17) is 17.2 Å². The van der Waals surface area contributed by atoms with Gasteiger partial charge in [-0.2, -0.15) is 0 Å². The first-order valence-electron chi connectivity index (χ1n) is 7.92. The van der Waals surface area contributed by atoms with Crippen molar-refractivity contribution in [3.63, 3.8) is 0 Å². The molecule has 1 aliphatic rings. The van der Waals surface area contributed by atoms with E-state index in [0.717, 1.165) is 12.1 Å². The highest BCUT2D eigenvalue weighted by Crippen LogP contribution is 2.29. The molecule has 138 valence electrons. The van der Waals surface area contributed by atoms with E-state index in [1.165, 1.54) is 6.33 Å². The number of nitrogens with one attached hydrogen (secondary N) is 1. The number of halogens is 2. The van der Waals surface area contributed by atoms with E-state index in [2.05, 4.69) is 15.3 Å². The maximum absolute atomic E-state index is 13.7. The van der Waals surface area contributed by atoms with E-state index in [0.29, 0.717) is 31.4 Å². The molecule has 2 heterocycles. The van der Waals surface area contributed by atoms with Crippen molar-refractivity contribution < 1.29 is 13.6 Å². The van der Waals surface area contributed by atoms with Gasteiger partial charge < -0.3 is 27.4 Å². The monoisotopic (exact) mass is 363 g/mol. The number of nitrogens with two attached hydrogens (primary N) is 3. The second-order valence-electron chi connectivity index (χ2n) is 6.34. The molecule has 1 aromatic heterocycles. The molecule has 0 aliphatic carbocycles. The third-order valence-electron chi connectivity index (χ3n) is 4.36. The third-order valence-corrected chi connectivity index (χ3v) is 4.36. The largest absolute Gasteiger partial charge is 0.393 e. The standard InChI is InChI=1S/C16H19F2N7O/c17-9-1-2-10(11(18)5-9)15(26)22-6-16(21)3-4-25(7-16)14-12(19)13(20)23-8-24-14/h1-2,5,8H,3-4,6-7,19,21H2,(H,22,26)(H2,20,23,24). The molecule has 0 bridgehead atoms. The Labute approximate surface area is 148 Å². The number of amides is 1. The molecule has 1 aromatic carbocycles. The molecule has 1 saturated heterocycles. The Morgan fingerprint density at radius 3 is 2.81 bits per heavy atom. The van der Waals surface area contributed by atoms with Crippen LogP contribution in [0.2, 0.25) is 0 Å². The summed E-state index contributed by atoms with van der Waals surface area (Å²) in [6, 6.07) is 2.77. The van der Waals surface area contributed by atoms with Crippen molar-refractivity contribution in [3.8, 4) is 0 Å². The number of anilines is 3. The average molecular weight is 363 g/mol. The van der Waals surface area contributed by atoms with Crippen LogP contribution in [0.3, 0.4) is 0 Å². The quantitative estimate of drug-likeness (QED) is 0.611. The summed E-state index contributed by atoms with van der Waals surface area (Å²) < 4.78 is 26.6. The van der Waals surface area contributed by atoms with Crippen molar-refractivity contribution in [3.05, 3.63) is 41.7 Å². The number of hydrogen-bond donors (Lipinski definition) is 4. The SMILES string of the molecule is Nc1ncnc(N2CCC(N)(CNC(=O)c3ccc(F)cc3F)C2)c1N. The Balaban J connectivity index is 1.65. The maximum Gasteiger partial charge on any atom is 0.254 e. The zero-order valence-electron chi connectivity index (χ0n) is 13.9. The van der Waals surface area contributed by atoms with E-state index < -0.39 is 23.1 Å². The first-order chi connectivity index (χ1) is 12.3. The first kappa shape index (κ1) is 17.8. The van der Waals surface area contributed by atoms with Gasteiger partial charge in [0.1, 0.15) is 23.6 Å². The molecular formula is C16H19F2N7O. The highest BCUT2D eigenvalue weighted by Gasteiger charge is 2.36. The van der Waals surface area contributed by atoms with Gasteiger partial charge in [-0.25, -0.2) is 18.7 Å². The zero-order chi connectivity index (χ0) is 18.9. The second kappa shape index (κ2) is 6.71. The number of rotatable bonds is 4. The lowest BCUT2D eigenvalue weighted by atomic mass is 10.00. The van der Waals surface area contributed by atoms with Crippen LogP contribution in [0.4, 0.5) is 26.1 Å². The molecule has 0 spiro atoms. The predicted octanol–water partition coefficient (Wildman–Crippen LogP) is 0.257. The minimum atomic E-state index is -0.925. The molecule has 26 heavy (non-hydrogen) atoms. The van der Waals surface area contributed by atoms with Gasteiger partial charge in [0.15, 0.2) is 11.6 Å². The summed E-state index contributed by atoms with van der Waals surface area (Å²) in [4.78, 5) is 21.9. The van der Waals surface area contributed by atoms with Gasteiger partial charge in [0, 0.05) is 25.7 Å². The molecule has 0 saturated carbocycles. The van der Waals surface area contributed by atoms with E-state index in [1.54, 1.807) is 0 Å². The van der Waals surface area contributed by atoms with E-state index in [1.807, 2.05) is 4.90 Å². The van der Waals surface area contributed by atoms with Crippen molar-refractivity contribution in [1.82, 2.24) is 15.3 Å². The number of nitrogens with zero attached hydrogens (tertiary/aromatic N) is 3. The van der Waals surface area contributed by atoms with E-state index in [9.17, 15) is 13.6 Å². The zero-order valence-corrected chi connectivity index (χ0v) is 13.9. The summed E-state index contributed by atoms with van der Waals surface area (Å²) in [6.45, 7) is 1.05. The van der Waals surface area contributed by atoms with E-state index in [-0.39, 0.29) is 23.6 Å². The van der Waals surface area contributed by atoms with Crippen LogP contribution in [0.25, 0.3) is 0 Å². The number of benzene rings is 1. The molecule has 1 unspecified atom stereocenters. The summed E-state index contributed by atoms with van der Waals surface area (Å²) in [5, 5.41) is 2.60. The minimum absolute atomic E-state index is 0.111. The fourth-order valence-corrected chi connectivity index (χ4v) is 2.90. The topological polar surface area (TPSA) is 136 Å².